The lowest BCUT2D eigenvalue weighted by molar-refractivity contribution is -0.130. The first kappa shape index (κ1) is 16.7. The summed E-state index contributed by atoms with van der Waals surface area (Å²) in [5, 5.41) is 9.87. The van der Waals surface area contributed by atoms with Crippen LogP contribution in [0.3, 0.4) is 0 Å². The van der Waals surface area contributed by atoms with Crippen molar-refractivity contribution in [1.82, 2.24) is 4.90 Å². The van der Waals surface area contributed by atoms with E-state index in [2.05, 4.69) is 4.90 Å². The molecule has 2 aromatic rings. The zero-order valence-electron chi connectivity index (χ0n) is 13.8. The summed E-state index contributed by atoms with van der Waals surface area (Å²) in [6.07, 6.45) is 0. The minimum absolute atomic E-state index is 0.0934. The number of amides is 1. The highest BCUT2D eigenvalue weighted by molar-refractivity contribution is 8.00. The van der Waals surface area contributed by atoms with Gasteiger partial charge in [0.15, 0.2) is 0 Å². The van der Waals surface area contributed by atoms with Gasteiger partial charge >= 0.3 is 0 Å². The smallest absolute Gasteiger partial charge is 0.235 e. The van der Waals surface area contributed by atoms with Crippen LogP contribution in [0.25, 0.3) is 0 Å². The summed E-state index contributed by atoms with van der Waals surface area (Å²) in [5.74, 6) is 0.478. The number of phenolic OH excluding ortho intramolecular Hbond substituents is 1. The van der Waals surface area contributed by atoms with Gasteiger partial charge in [0.1, 0.15) is 5.75 Å². The van der Waals surface area contributed by atoms with Crippen LogP contribution in [0.5, 0.6) is 5.75 Å². The van der Waals surface area contributed by atoms with E-state index >= 15 is 0 Å². The van der Waals surface area contributed by atoms with Crippen molar-refractivity contribution >= 4 is 23.4 Å². The van der Waals surface area contributed by atoms with Crippen molar-refractivity contribution in [2.75, 3.05) is 31.1 Å². The summed E-state index contributed by atoms with van der Waals surface area (Å²) in [6, 6.07) is 17.4. The number of carbonyl (C=O) groups is 1. The summed E-state index contributed by atoms with van der Waals surface area (Å²) >= 11 is 1.60. The first-order valence-corrected chi connectivity index (χ1v) is 9.06. The molecule has 0 radical (unpaired) electrons. The Hall–Kier alpha value is -2.14. The van der Waals surface area contributed by atoms with E-state index in [1.54, 1.807) is 17.8 Å². The fourth-order valence-electron chi connectivity index (χ4n) is 2.91. The largest absolute Gasteiger partial charge is 0.506 e. The van der Waals surface area contributed by atoms with Crippen molar-refractivity contribution in [2.24, 2.45) is 0 Å². The summed E-state index contributed by atoms with van der Waals surface area (Å²) in [6.45, 7) is 4.83. The van der Waals surface area contributed by atoms with Gasteiger partial charge in [-0.05, 0) is 31.2 Å². The number of para-hydroxylation sites is 2. The van der Waals surface area contributed by atoms with Gasteiger partial charge in [0.2, 0.25) is 5.91 Å². The zero-order chi connectivity index (χ0) is 16.9. The molecule has 4 nitrogen and oxygen atoms in total. The van der Waals surface area contributed by atoms with Crippen LogP contribution >= 0.6 is 11.8 Å². The molecule has 24 heavy (non-hydrogen) atoms. The van der Waals surface area contributed by atoms with E-state index < -0.39 is 0 Å². The highest BCUT2D eigenvalue weighted by Crippen LogP contribution is 2.28. The third-order valence-corrected chi connectivity index (χ3v) is 5.32. The van der Waals surface area contributed by atoms with Crippen LogP contribution in [0.4, 0.5) is 5.69 Å². The normalized spacial score (nSPS) is 16.0. The second kappa shape index (κ2) is 7.62. The van der Waals surface area contributed by atoms with Gasteiger partial charge < -0.3 is 14.9 Å². The second-order valence-corrected chi connectivity index (χ2v) is 7.29. The van der Waals surface area contributed by atoms with Crippen LogP contribution in [-0.2, 0) is 4.79 Å². The molecule has 1 atom stereocenters. The molecule has 126 valence electrons. The molecule has 0 bridgehead atoms. The maximum atomic E-state index is 12.6. The predicted molar refractivity (Wildman–Crippen MR) is 98.7 cm³/mol. The van der Waals surface area contributed by atoms with Gasteiger partial charge in [-0.3, -0.25) is 4.79 Å². The first-order valence-electron chi connectivity index (χ1n) is 8.18. The van der Waals surface area contributed by atoms with Gasteiger partial charge in [-0.15, -0.1) is 11.8 Å². The zero-order valence-corrected chi connectivity index (χ0v) is 14.6. The summed E-state index contributed by atoms with van der Waals surface area (Å²) < 4.78 is 0. The summed E-state index contributed by atoms with van der Waals surface area (Å²) in [4.78, 5) is 17.8. The quantitative estimate of drug-likeness (QED) is 0.867. The molecule has 1 unspecified atom stereocenters. The van der Waals surface area contributed by atoms with E-state index in [1.165, 1.54) is 0 Å². The van der Waals surface area contributed by atoms with E-state index in [0.29, 0.717) is 18.8 Å². The summed E-state index contributed by atoms with van der Waals surface area (Å²) in [7, 11) is 0. The average Bonchev–Trinajstić information content (AvgIpc) is 2.62. The molecule has 0 spiro atoms. The lowest BCUT2D eigenvalue weighted by Crippen LogP contribution is -2.50. The van der Waals surface area contributed by atoms with Gasteiger partial charge in [-0.2, -0.15) is 0 Å². The first-order chi connectivity index (χ1) is 11.6. The number of phenols is 1. The number of thioether (sulfide) groups is 1. The Balaban J connectivity index is 1.56. The Bertz CT molecular complexity index is 685. The molecular weight excluding hydrogens is 320 g/mol. The van der Waals surface area contributed by atoms with Gasteiger partial charge in [0.25, 0.3) is 0 Å². The highest BCUT2D eigenvalue weighted by Gasteiger charge is 2.26. The van der Waals surface area contributed by atoms with Crippen molar-refractivity contribution in [1.29, 1.82) is 0 Å². The minimum atomic E-state index is -0.0934. The molecule has 5 heteroatoms. The molecule has 2 aromatic carbocycles. The third kappa shape index (κ3) is 3.85. The highest BCUT2D eigenvalue weighted by atomic mass is 32.2. The molecule has 1 heterocycles. The van der Waals surface area contributed by atoms with E-state index in [1.807, 2.05) is 60.4 Å². The number of rotatable bonds is 4. The van der Waals surface area contributed by atoms with E-state index in [4.69, 9.17) is 0 Å². The topological polar surface area (TPSA) is 43.8 Å². The summed E-state index contributed by atoms with van der Waals surface area (Å²) in [5.41, 5.74) is 0.844. The molecule has 1 amide bonds. The molecule has 1 aliphatic heterocycles. The molecule has 1 aliphatic rings. The number of benzene rings is 2. The SMILES string of the molecule is CC(Sc1ccccc1)C(=O)N1CCN(c2ccccc2O)CC1. The number of piperazine rings is 1. The van der Waals surface area contributed by atoms with Crippen molar-refractivity contribution in [3.8, 4) is 5.75 Å². The fourth-order valence-corrected chi connectivity index (χ4v) is 3.88. The second-order valence-electron chi connectivity index (χ2n) is 5.87. The van der Waals surface area contributed by atoms with Crippen LogP contribution < -0.4 is 4.90 Å². The minimum Gasteiger partial charge on any atom is -0.506 e. The Morgan fingerprint density at radius 2 is 1.62 bits per heavy atom. The molecule has 0 aliphatic carbocycles. The Morgan fingerprint density at radius 1 is 1.00 bits per heavy atom. The van der Waals surface area contributed by atoms with Crippen molar-refractivity contribution < 1.29 is 9.90 Å². The lowest BCUT2D eigenvalue weighted by Gasteiger charge is -2.37. The van der Waals surface area contributed by atoms with Crippen molar-refractivity contribution in [3.05, 3.63) is 54.6 Å². The van der Waals surface area contributed by atoms with Crippen molar-refractivity contribution in [2.45, 2.75) is 17.1 Å². The fraction of sp³-hybridized carbons (Fsp3) is 0.316. The standard InChI is InChI=1S/C19H22N2O2S/c1-15(24-16-7-3-2-4-8-16)19(23)21-13-11-20(12-14-21)17-9-5-6-10-18(17)22/h2-10,15,22H,11-14H2,1H3. The monoisotopic (exact) mass is 342 g/mol. The number of carbonyl (C=O) groups excluding carboxylic acids is 1. The van der Waals surface area contributed by atoms with E-state index in [-0.39, 0.29) is 11.2 Å². The Morgan fingerprint density at radius 3 is 2.29 bits per heavy atom. The maximum absolute atomic E-state index is 12.6. The van der Waals surface area contributed by atoms with Gasteiger partial charge in [-0.1, -0.05) is 30.3 Å². The third-order valence-electron chi connectivity index (χ3n) is 4.22. The van der Waals surface area contributed by atoms with Crippen LogP contribution in [0.15, 0.2) is 59.5 Å². The number of aromatic hydroxyl groups is 1. The molecular formula is C19H22N2O2S. The maximum Gasteiger partial charge on any atom is 0.235 e. The predicted octanol–water partition coefficient (Wildman–Crippen LogP) is 3.22. The molecule has 1 fully saturated rings. The molecule has 0 aromatic heterocycles. The molecule has 1 saturated heterocycles. The van der Waals surface area contributed by atoms with Crippen LogP contribution in [0.1, 0.15) is 6.92 Å². The molecule has 0 saturated carbocycles. The van der Waals surface area contributed by atoms with Gasteiger partial charge in [0.05, 0.1) is 10.9 Å². The molecule has 3 rings (SSSR count). The Kier molecular flexibility index (Phi) is 5.30. The van der Waals surface area contributed by atoms with Crippen LogP contribution in [0.2, 0.25) is 0 Å². The number of anilines is 1. The van der Waals surface area contributed by atoms with E-state index in [9.17, 15) is 9.90 Å². The lowest BCUT2D eigenvalue weighted by atomic mass is 10.2. The Labute approximate surface area is 147 Å². The number of hydrogen-bond donors (Lipinski definition) is 1. The number of nitrogens with zero attached hydrogens (tertiary/aromatic N) is 2. The van der Waals surface area contributed by atoms with Crippen LogP contribution in [0, 0.1) is 0 Å². The molecule has 1 N–H and O–H groups in total. The van der Waals surface area contributed by atoms with E-state index in [0.717, 1.165) is 23.7 Å². The average molecular weight is 342 g/mol. The van der Waals surface area contributed by atoms with Gasteiger partial charge in [0, 0.05) is 31.1 Å². The van der Waals surface area contributed by atoms with Crippen molar-refractivity contribution in [3.63, 3.8) is 0 Å². The van der Waals surface area contributed by atoms with Gasteiger partial charge in [-0.25, -0.2) is 0 Å². The van der Waals surface area contributed by atoms with Crippen LogP contribution in [-0.4, -0.2) is 47.3 Å². The number of hydrogen-bond acceptors (Lipinski definition) is 4.